The van der Waals surface area contributed by atoms with E-state index in [1.807, 2.05) is 0 Å². The number of rotatable bonds is 8. The molecule has 0 saturated heterocycles. The van der Waals surface area contributed by atoms with E-state index in [9.17, 15) is 4.79 Å². The van der Waals surface area contributed by atoms with E-state index < -0.39 is 0 Å². The number of aliphatic hydroxyl groups excluding tert-OH is 1. The van der Waals surface area contributed by atoms with Gasteiger partial charge >= 0.3 is 0 Å². The highest BCUT2D eigenvalue weighted by Gasteiger charge is 2.09. The number of carbonyl (C=O) groups excluding carboxylic acids is 1. The van der Waals surface area contributed by atoms with Crippen molar-refractivity contribution in [1.82, 2.24) is 10.2 Å². The van der Waals surface area contributed by atoms with Crippen molar-refractivity contribution in [2.75, 3.05) is 26.7 Å². The summed E-state index contributed by atoms with van der Waals surface area (Å²) >= 11 is 0. The van der Waals surface area contributed by atoms with Gasteiger partial charge in [-0.3, -0.25) is 4.79 Å². The van der Waals surface area contributed by atoms with Gasteiger partial charge in [-0.25, -0.2) is 0 Å². The van der Waals surface area contributed by atoms with Gasteiger partial charge in [0.05, 0.1) is 0 Å². The topological polar surface area (TPSA) is 52.6 Å². The normalized spacial score (nSPS) is 11.1. The molecule has 15 heavy (non-hydrogen) atoms. The van der Waals surface area contributed by atoms with E-state index in [0.29, 0.717) is 12.5 Å². The Morgan fingerprint density at radius 1 is 1.33 bits per heavy atom. The molecular formula is C11H24N2O2. The summed E-state index contributed by atoms with van der Waals surface area (Å²) in [4.78, 5) is 13.3. The van der Waals surface area contributed by atoms with Crippen molar-refractivity contribution in [1.29, 1.82) is 0 Å². The molecule has 0 atom stereocenters. The van der Waals surface area contributed by atoms with Gasteiger partial charge in [0.2, 0.25) is 5.91 Å². The molecule has 0 aromatic carbocycles. The first-order valence-electron chi connectivity index (χ1n) is 5.67. The first kappa shape index (κ1) is 14.4. The van der Waals surface area contributed by atoms with E-state index in [0.717, 1.165) is 25.9 Å². The molecule has 4 nitrogen and oxygen atoms in total. The Morgan fingerprint density at radius 2 is 1.93 bits per heavy atom. The van der Waals surface area contributed by atoms with Crippen LogP contribution in [0.4, 0.5) is 0 Å². The Hall–Kier alpha value is -0.610. The van der Waals surface area contributed by atoms with E-state index in [-0.39, 0.29) is 12.5 Å². The molecule has 0 heterocycles. The predicted molar refractivity (Wildman–Crippen MR) is 61.7 cm³/mol. The summed E-state index contributed by atoms with van der Waals surface area (Å²) in [6.45, 7) is 6.33. The van der Waals surface area contributed by atoms with Crippen molar-refractivity contribution >= 4 is 5.91 Å². The minimum atomic E-state index is 0.0980. The van der Waals surface area contributed by atoms with Gasteiger partial charge in [-0.15, -0.1) is 0 Å². The van der Waals surface area contributed by atoms with Crippen LogP contribution in [-0.2, 0) is 4.79 Å². The fourth-order valence-electron chi connectivity index (χ4n) is 1.47. The Balaban J connectivity index is 3.70. The average molecular weight is 216 g/mol. The van der Waals surface area contributed by atoms with Gasteiger partial charge in [0.15, 0.2) is 0 Å². The van der Waals surface area contributed by atoms with E-state index in [4.69, 9.17) is 5.11 Å². The zero-order valence-corrected chi connectivity index (χ0v) is 10.1. The molecule has 4 heteroatoms. The first-order valence-corrected chi connectivity index (χ1v) is 5.67. The lowest BCUT2D eigenvalue weighted by molar-refractivity contribution is -0.120. The number of nitrogens with zero attached hydrogens (tertiary/aromatic N) is 1. The van der Waals surface area contributed by atoms with Crippen molar-refractivity contribution in [3.63, 3.8) is 0 Å². The molecule has 0 unspecified atom stereocenters. The molecule has 1 amide bonds. The highest BCUT2D eigenvalue weighted by molar-refractivity contribution is 5.75. The molecular weight excluding hydrogens is 192 g/mol. The molecule has 0 saturated carbocycles. The summed E-state index contributed by atoms with van der Waals surface area (Å²) in [5.41, 5.74) is 0. The Labute approximate surface area is 92.7 Å². The van der Waals surface area contributed by atoms with Crippen molar-refractivity contribution < 1.29 is 9.90 Å². The molecule has 0 aromatic rings. The van der Waals surface area contributed by atoms with Crippen LogP contribution in [0.2, 0.25) is 0 Å². The SMILES string of the molecule is CNC(=O)CCCN(CCCO)C(C)C. The number of nitrogens with one attached hydrogen (secondary N) is 1. The lowest BCUT2D eigenvalue weighted by Gasteiger charge is -2.25. The third-order valence-corrected chi connectivity index (χ3v) is 2.46. The van der Waals surface area contributed by atoms with E-state index in [2.05, 4.69) is 24.1 Å². The van der Waals surface area contributed by atoms with Gasteiger partial charge in [-0.05, 0) is 33.2 Å². The van der Waals surface area contributed by atoms with Crippen LogP contribution in [-0.4, -0.2) is 48.7 Å². The fourth-order valence-corrected chi connectivity index (χ4v) is 1.47. The number of carbonyl (C=O) groups is 1. The highest BCUT2D eigenvalue weighted by atomic mass is 16.3. The Kier molecular flexibility index (Phi) is 8.33. The summed E-state index contributed by atoms with van der Waals surface area (Å²) < 4.78 is 0. The van der Waals surface area contributed by atoms with Crippen molar-refractivity contribution in [3.05, 3.63) is 0 Å². The number of amides is 1. The van der Waals surface area contributed by atoms with Crippen LogP contribution >= 0.6 is 0 Å². The maximum absolute atomic E-state index is 11.0. The van der Waals surface area contributed by atoms with Gasteiger partial charge in [0, 0.05) is 32.7 Å². The molecule has 0 aliphatic carbocycles. The second-order valence-electron chi connectivity index (χ2n) is 3.98. The summed E-state index contributed by atoms with van der Waals surface area (Å²) in [6.07, 6.45) is 2.26. The largest absolute Gasteiger partial charge is 0.396 e. The zero-order valence-electron chi connectivity index (χ0n) is 10.1. The molecule has 0 aromatic heterocycles. The minimum Gasteiger partial charge on any atom is -0.396 e. The van der Waals surface area contributed by atoms with Gasteiger partial charge in [-0.1, -0.05) is 0 Å². The second-order valence-corrected chi connectivity index (χ2v) is 3.98. The standard InChI is InChI=1S/C11H24N2O2/c1-10(2)13(8-5-9-14)7-4-6-11(15)12-3/h10,14H,4-9H2,1-3H3,(H,12,15). The molecule has 0 rings (SSSR count). The summed E-state index contributed by atoms with van der Waals surface area (Å²) in [5.74, 6) is 0.0980. The maximum Gasteiger partial charge on any atom is 0.219 e. The van der Waals surface area contributed by atoms with Crippen LogP contribution in [0.25, 0.3) is 0 Å². The molecule has 0 fully saturated rings. The molecule has 0 aliphatic rings. The monoisotopic (exact) mass is 216 g/mol. The highest BCUT2D eigenvalue weighted by Crippen LogP contribution is 2.02. The quantitative estimate of drug-likeness (QED) is 0.625. The molecule has 0 aliphatic heterocycles. The number of hydrogen-bond donors (Lipinski definition) is 2. The lowest BCUT2D eigenvalue weighted by Crippen LogP contribution is -2.33. The summed E-state index contributed by atoms with van der Waals surface area (Å²) in [6, 6.07) is 0.473. The molecule has 0 radical (unpaired) electrons. The molecule has 90 valence electrons. The van der Waals surface area contributed by atoms with Crippen molar-refractivity contribution in [2.45, 2.75) is 39.2 Å². The van der Waals surface area contributed by atoms with Crippen molar-refractivity contribution in [3.8, 4) is 0 Å². The van der Waals surface area contributed by atoms with Crippen LogP contribution < -0.4 is 5.32 Å². The van der Waals surface area contributed by atoms with Crippen LogP contribution in [0.3, 0.4) is 0 Å². The van der Waals surface area contributed by atoms with Crippen molar-refractivity contribution in [2.24, 2.45) is 0 Å². The number of aliphatic hydroxyl groups is 1. The minimum absolute atomic E-state index is 0.0980. The van der Waals surface area contributed by atoms with Crippen LogP contribution in [0.5, 0.6) is 0 Å². The van der Waals surface area contributed by atoms with E-state index in [1.54, 1.807) is 7.05 Å². The van der Waals surface area contributed by atoms with Gasteiger partial charge in [0.1, 0.15) is 0 Å². The summed E-state index contributed by atoms with van der Waals surface area (Å²) in [5, 5.41) is 11.4. The average Bonchev–Trinajstić information content (AvgIpc) is 2.22. The smallest absolute Gasteiger partial charge is 0.219 e. The third-order valence-electron chi connectivity index (χ3n) is 2.46. The lowest BCUT2D eigenvalue weighted by atomic mass is 10.2. The van der Waals surface area contributed by atoms with Crippen LogP contribution in [0.1, 0.15) is 33.1 Å². The van der Waals surface area contributed by atoms with E-state index in [1.165, 1.54) is 0 Å². The molecule has 0 spiro atoms. The Morgan fingerprint density at radius 3 is 2.40 bits per heavy atom. The van der Waals surface area contributed by atoms with Crippen LogP contribution in [0, 0.1) is 0 Å². The second kappa shape index (κ2) is 8.68. The first-order chi connectivity index (χ1) is 7.11. The third kappa shape index (κ3) is 7.33. The van der Waals surface area contributed by atoms with Crippen LogP contribution in [0.15, 0.2) is 0 Å². The van der Waals surface area contributed by atoms with Gasteiger partial charge < -0.3 is 15.3 Å². The van der Waals surface area contributed by atoms with Gasteiger partial charge in [-0.2, -0.15) is 0 Å². The zero-order chi connectivity index (χ0) is 11.7. The van der Waals surface area contributed by atoms with Gasteiger partial charge in [0.25, 0.3) is 0 Å². The Bertz CT molecular complexity index is 172. The predicted octanol–water partition coefficient (Wildman–Crippen LogP) is 0.605. The van der Waals surface area contributed by atoms with E-state index >= 15 is 0 Å². The molecule has 0 bridgehead atoms. The fraction of sp³-hybridized carbons (Fsp3) is 0.909. The number of hydrogen-bond acceptors (Lipinski definition) is 3. The molecule has 2 N–H and O–H groups in total. The summed E-state index contributed by atoms with van der Waals surface area (Å²) in [7, 11) is 1.66. The maximum atomic E-state index is 11.0.